The summed E-state index contributed by atoms with van der Waals surface area (Å²) in [4.78, 5) is 0. The van der Waals surface area contributed by atoms with Gasteiger partial charge in [0, 0.05) is 6.08 Å². The Kier molecular flexibility index (Phi) is 6.34. The molecule has 22 heavy (non-hydrogen) atoms. The third-order valence-corrected chi connectivity index (χ3v) is 4.39. The predicted molar refractivity (Wildman–Crippen MR) is 81.8 cm³/mol. The van der Waals surface area contributed by atoms with Crippen molar-refractivity contribution in [2.75, 3.05) is 0 Å². The normalized spacial score (nSPS) is 22.4. The third-order valence-electron chi connectivity index (χ3n) is 4.39. The van der Waals surface area contributed by atoms with Crippen molar-refractivity contribution in [3.8, 4) is 5.75 Å². The Morgan fingerprint density at radius 2 is 1.95 bits per heavy atom. The van der Waals surface area contributed by atoms with Gasteiger partial charge < -0.3 is 4.74 Å². The summed E-state index contributed by atoms with van der Waals surface area (Å²) in [6.45, 7) is 2.21. The van der Waals surface area contributed by atoms with Gasteiger partial charge in [-0.2, -0.15) is 0 Å². The summed E-state index contributed by atoms with van der Waals surface area (Å²) in [6, 6.07) is 4.86. The lowest BCUT2D eigenvalue weighted by Crippen LogP contribution is -2.13. The van der Waals surface area contributed by atoms with Crippen LogP contribution in [0.15, 0.2) is 30.5 Å². The van der Waals surface area contributed by atoms with E-state index >= 15 is 0 Å². The van der Waals surface area contributed by atoms with Crippen molar-refractivity contribution in [2.45, 2.75) is 57.8 Å². The molecule has 0 heterocycles. The van der Waals surface area contributed by atoms with E-state index in [9.17, 15) is 13.2 Å². The van der Waals surface area contributed by atoms with Crippen LogP contribution in [0.5, 0.6) is 5.75 Å². The minimum absolute atomic E-state index is 0.0136. The van der Waals surface area contributed by atoms with Gasteiger partial charge in [0.05, 0.1) is 6.26 Å². The fourth-order valence-corrected chi connectivity index (χ4v) is 3.23. The number of benzene rings is 1. The highest BCUT2D eigenvalue weighted by Crippen LogP contribution is 2.38. The van der Waals surface area contributed by atoms with Crippen LogP contribution in [-0.2, 0) is 0 Å². The Morgan fingerprint density at radius 3 is 2.55 bits per heavy atom. The lowest BCUT2D eigenvalue weighted by molar-refractivity contribution is 0.201. The van der Waals surface area contributed by atoms with E-state index in [0.29, 0.717) is 12.0 Å². The molecule has 0 N–H and O–H groups in total. The largest absolute Gasteiger partial charge is 0.462 e. The average molecular weight is 312 g/mol. The Balaban J connectivity index is 1.95. The summed E-state index contributed by atoms with van der Waals surface area (Å²) in [7, 11) is 0. The molecule has 4 heteroatoms. The van der Waals surface area contributed by atoms with Crippen molar-refractivity contribution in [3.63, 3.8) is 0 Å². The molecular formula is C18H23F3O. The molecule has 0 bridgehead atoms. The maximum atomic E-state index is 14.0. The molecule has 0 atom stereocenters. The van der Waals surface area contributed by atoms with Crippen molar-refractivity contribution in [1.82, 2.24) is 0 Å². The summed E-state index contributed by atoms with van der Waals surface area (Å²) in [5.74, 6) is 0.703. The first-order valence-corrected chi connectivity index (χ1v) is 8.01. The smallest absolute Gasteiger partial charge is 0.260 e. The highest BCUT2D eigenvalue weighted by atomic mass is 19.3. The monoisotopic (exact) mass is 312 g/mol. The molecule has 0 spiro atoms. The van der Waals surface area contributed by atoms with Gasteiger partial charge >= 0.3 is 0 Å². The number of hydrogen-bond donors (Lipinski definition) is 0. The van der Waals surface area contributed by atoms with Gasteiger partial charge in [-0.05, 0) is 55.2 Å². The van der Waals surface area contributed by atoms with Gasteiger partial charge in [-0.3, -0.25) is 0 Å². The van der Waals surface area contributed by atoms with Gasteiger partial charge in [-0.25, -0.2) is 13.2 Å². The van der Waals surface area contributed by atoms with E-state index in [1.807, 2.05) is 6.07 Å². The molecular weight excluding hydrogens is 289 g/mol. The first kappa shape index (κ1) is 16.9. The average Bonchev–Trinajstić information content (AvgIpc) is 2.50. The van der Waals surface area contributed by atoms with Crippen molar-refractivity contribution in [3.05, 3.63) is 41.9 Å². The number of halogens is 3. The molecule has 2 rings (SSSR count). The summed E-state index contributed by atoms with van der Waals surface area (Å²) in [5, 5.41) is 0. The first-order chi connectivity index (χ1) is 10.6. The Hall–Kier alpha value is -1.45. The highest BCUT2D eigenvalue weighted by Gasteiger charge is 2.22. The lowest BCUT2D eigenvalue weighted by atomic mass is 9.77. The van der Waals surface area contributed by atoms with Crippen LogP contribution in [0.2, 0.25) is 0 Å². The van der Waals surface area contributed by atoms with Gasteiger partial charge in [0.25, 0.3) is 6.43 Å². The molecule has 1 aromatic rings. The summed E-state index contributed by atoms with van der Waals surface area (Å²) < 4.78 is 42.8. The van der Waals surface area contributed by atoms with E-state index in [4.69, 9.17) is 4.74 Å². The van der Waals surface area contributed by atoms with Crippen LogP contribution in [0, 0.1) is 11.7 Å². The van der Waals surface area contributed by atoms with Crippen LogP contribution in [-0.4, -0.2) is 6.43 Å². The molecule has 1 nitrogen and oxygen atoms in total. The molecule has 0 saturated heterocycles. The second kappa shape index (κ2) is 8.25. The molecule has 1 saturated carbocycles. The Morgan fingerprint density at radius 1 is 1.23 bits per heavy atom. The second-order valence-corrected chi connectivity index (χ2v) is 5.98. The van der Waals surface area contributed by atoms with Crippen molar-refractivity contribution in [1.29, 1.82) is 0 Å². The van der Waals surface area contributed by atoms with E-state index in [-0.39, 0.29) is 5.75 Å². The van der Waals surface area contributed by atoms with Crippen LogP contribution >= 0.6 is 0 Å². The van der Waals surface area contributed by atoms with E-state index in [0.717, 1.165) is 30.6 Å². The number of rotatable bonds is 6. The van der Waals surface area contributed by atoms with E-state index < -0.39 is 12.2 Å². The Bertz CT molecular complexity index is 491. The van der Waals surface area contributed by atoms with Gasteiger partial charge in [0.1, 0.15) is 0 Å². The molecule has 0 aromatic heterocycles. The molecule has 0 unspecified atom stereocenters. The van der Waals surface area contributed by atoms with Crippen molar-refractivity contribution in [2.24, 2.45) is 5.92 Å². The summed E-state index contributed by atoms with van der Waals surface area (Å²) >= 11 is 0. The molecule has 0 amide bonds. The van der Waals surface area contributed by atoms with Crippen LogP contribution in [0.4, 0.5) is 13.2 Å². The van der Waals surface area contributed by atoms with E-state index in [2.05, 4.69) is 6.92 Å². The van der Waals surface area contributed by atoms with Gasteiger partial charge in [0.2, 0.25) is 0 Å². The standard InChI is InChI=1S/C18H23F3O/c1-2-3-13-4-6-14(7-5-13)15-8-9-17(16(19)12-15)22-11-10-18(20)21/h8-14,18H,2-7H2,1H3. The quantitative estimate of drug-likeness (QED) is 0.580. The van der Waals surface area contributed by atoms with Crippen LogP contribution < -0.4 is 4.74 Å². The van der Waals surface area contributed by atoms with E-state index in [1.165, 1.54) is 37.8 Å². The van der Waals surface area contributed by atoms with Crippen LogP contribution in [0.1, 0.15) is 56.9 Å². The Labute approximate surface area is 130 Å². The summed E-state index contributed by atoms with van der Waals surface area (Å²) in [5.41, 5.74) is 0.984. The molecule has 1 aromatic carbocycles. The van der Waals surface area contributed by atoms with Crippen molar-refractivity contribution >= 4 is 0 Å². The fraction of sp³-hybridized carbons (Fsp3) is 0.556. The number of allylic oxidation sites excluding steroid dienone is 1. The highest BCUT2D eigenvalue weighted by molar-refractivity contribution is 5.32. The molecule has 0 aliphatic heterocycles. The fourth-order valence-electron chi connectivity index (χ4n) is 3.23. The molecule has 1 fully saturated rings. The van der Waals surface area contributed by atoms with Gasteiger partial charge in [-0.15, -0.1) is 0 Å². The zero-order chi connectivity index (χ0) is 15.9. The van der Waals surface area contributed by atoms with Crippen molar-refractivity contribution < 1.29 is 17.9 Å². The van der Waals surface area contributed by atoms with Crippen LogP contribution in [0.3, 0.4) is 0 Å². The molecule has 1 aliphatic carbocycles. The number of alkyl halides is 2. The van der Waals surface area contributed by atoms with Gasteiger partial charge in [0.15, 0.2) is 11.6 Å². The zero-order valence-electron chi connectivity index (χ0n) is 12.9. The topological polar surface area (TPSA) is 9.23 Å². The SMILES string of the molecule is CCCC1CCC(c2ccc(OC=CC(F)F)c(F)c2)CC1. The second-order valence-electron chi connectivity index (χ2n) is 5.98. The van der Waals surface area contributed by atoms with Crippen LogP contribution in [0.25, 0.3) is 0 Å². The zero-order valence-corrected chi connectivity index (χ0v) is 12.9. The molecule has 122 valence electrons. The van der Waals surface area contributed by atoms with Gasteiger partial charge in [-0.1, -0.05) is 25.8 Å². The van der Waals surface area contributed by atoms with E-state index in [1.54, 1.807) is 0 Å². The minimum Gasteiger partial charge on any atom is -0.462 e. The maximum Gasteiger partial charge on any atom is 0.260 e. The minimum atomic E-state index is -2.60. The predicted octanol–water partition coefficient (Wildman–Crippen LogP) is 6.06. The first-order valence-electron chi connectivity index (χ1n) is 8.01. The number of ether oxygens (including phenoxy) is 1. The molecule has 0 radical (unpaired) electrons. The lowest BCUT2D eigenvalue weighted by Gasteiger charge is -2.28. The number of hydrogen-bond acceptors (Lipinski definition) is 1. The summed E-state index contributed by atoms with van der Waals surface area (Å²) in [6.07, 6.45) is 5.92. The third kappa shape index (κ3) is 4.79. The molecule has 1 aliphatic rings. The maximum absolute atomic E-state index is 14.0.